The second-order valence-electron chi connectivity index (χ2n) is 5.30. The molecule has 0 aromatic heterocycles. The number of anilines is 1. The van der Waals surface area contributed by atoms with Crippen LogP contribution >= 0.6 is 11.6 Å². The molecule has 1 unspecified atom stereocenters. The molecular weight excluding hydrogens is 268 g/mol. The molecule has 1 atom stereocenters. The number of fused-ring (bicyclic) bond motifs is 1. The third-order valence-electron chi connectivity index (χ3n) is 3.83. The van der Waals surface area contributed by atoms with E-state index in [-0.39, 0.29) is 6.04 Å². The molecule has 2 aromatic rings. The lowest BCUT2D eigenvalue weighted by Gasteiger charge is -2.25. The van der Waals surface area contributed by atoms with E-state index in [1.54, 1.807) is 0 Å². The number of hydrogen-bond donors (Lipinski definition) is 1. The second kappa shape index (κ2) is 5.47. The van der Waals surface area contributed by atoms with Crippen LogP contribution in [0.3, 0.4) is 0 Å². The van der Waals surface area contributed by atoms with E-state index in [0.717, 1.165) is 23.7 Å². The molecule has 20 heavy (non-hydrogen) atoms. The molecule has 2 nitrogen and oxygen atoms in total. The summed E-state index contributed by atoms with van der Waals surface area (Å²) in [6.45, 7) is 5.37. The van der Waals surface area contributed by atoms with Gasteiger partial charge in [0.25, 0.3) is 0 Å². The van der Waals surface area contributed by atoms with Gasteiger partial charge in [0.1, 0.15) is 0 Å². The van der Waals surface area contributed by atoms with Gasteiger partial charge in [-0.05, 0) is 42.7 Å². The van der Waals surface area contributed by atoms with E-state index < -0.39 is 0 Å². The van der Waals surface area contributed by atoms with Crippen molar-refractivity contribution < 1.29 is 0 Å². The van der Waals surface area contributed by atoms with Gasteiger partial charge in [0, 0.05) is 17.1 Å². The van der Waals surface area contributed by atoms with Crippen LogP contribution in [0.15, 0.2) is 42.5 Å². The average Bonchev–Trinajstić information content (AvgIpc) is 2.77. The van der Waals surface area contributed by atoms with Crippen molar-refractivity contribution in [3.8, 4) is 0 Å². The first kappa shape index (κ1) is 13.5. The molecule has 1 heterocycles. The summed E-state index contributed by atoms with van der Waals surface area (Å²) in [6.07, 6.45) is 1.11. The Labute approximate surface area is 125 Å². The zero-order chi connectivity index (χ0) is 14.1. The van der Waals surface area contributed by atoms with Crippen molar-refractivity contribution >= 4 is 17.3 Å². The number of halogens is 1. The van der Waals surface area contributed by atoms with E-state index >= 15 is 0 Å². The smallest absolute Gasteiger partial charge is 0.0814 e. The highest BCUT2D eigenvalue weighted by atomic mass is 35.5. The van der Waals surface area contributed by atoms with Crippen molar-refractivity contribution in [2.75, 3.05) is 12.0 Å². The van der Waals surface area contributed by atoms with Gasteiger partial charge in [0.05, 0.1) is 11.7 Å². The maximum Gasteiger partial charge on any atom is 0.0814 e. The van der Waals surface area contributed by atoms with Crippen molar-refractivity contribution in [3.05, 3.63) is 64.2 Å². The minimum absolute atomic E-state index is 0.241. The predicted molar refractivity (Wildman–Crippen MR) is 85.1 cm³/mol. The van der Waals surface area contributed by atoms with Gasteiger partial charge < -0.3 is 5.43 Å². The van der Waals surface area contributed by atoms with Crippen LogP contribution in [0.1, 0.15) is 36.1 Å². The van der Waals surface area contributed by atoms with Gasteiger partial charge in [-0.25, -0.2) is 5.01 Å². The standard InChI is InChI=1S/C17H19ClN2/c1-3-10-20-17(14-7-5-4-6-12(14)2)15-11-13(18)8-9-16(15)19-20/h4-9,11,17,19H,3,10H2,1-2H3. The molecule has 104 valence electrons. The van der Waals surface area contributed by atoms with Gasteiger partial charge in [-0.15, -0.1) is 0 Å². The number of benzene rings is 2. The normalized spacial score (nSPS) is 17.9. The van der Waals surface area contributed by atoms with Crippen LogP contribution in [0, 0.1) is 6.92 Å². The summed E-state index contributed by atoms with van der Waals surface area (Å²) in [7, 11) is 0. The largest absolute Gasteiger partial charge is 0.318 e. The Morgan fingerprint density at radius 1 is 1.15 bits per heavy atom. The number of hydrazine groups is 1. The van der Waals surface area contributed by atoms with E-state index in [0.29, 0.717) is 0 Å². The van der Waals surface area contributed by atoms with Gasteiger partial charge in [-0.2, -0.15) is 0 Å². The molecule has 0 saturated carbocycles. The van der Waals surface area contributed by atoms with Crippen molar-refractivity contribution in [2.45, 2.75) is 26.3 Å². The first-order chi connectivity index (χ1) is 9.70. The van der Waals surface area contributed by atoms with Crippen molar-refractivity contribution in [1.29, 1.82) is 0 Å². The zero-order valence-corrected chi connectivity index (χ0v) is 12.6. The minimum atomic E-state index is 0.241. The number of nitrogens with zero attached hydrogens (tertiary/aromatic N) is 1. The predicted octanol–water partition coefficient (Wildman–Crippen LogP) is 4.79. The van der Waals surface area contributed by atoms with E-state index in [4.69, 9.17) is 11.6 Å². The summed E-state index contributed by atoms with van der Waals surface area (Å²) < 4.78 is 0. The van der Waals surface area contributed by atoms with Gasteiger partial charge >= 0.3 is 0 Å². The summed E-state index contributed by atoms with van der Waals surface area (Å²) in [4.78, 5) is 0. The SMILES string of the molecule is CCCN1Nc2ccc(Cl)cc2C1c1ccccc1C. The van der Waals surface area contributed by atoms with Gasteiger partial charge in [0.2, 0.25) is 0 Å². The summed E-state index contributed by atoms with van der Waals surface area (Å²) in [5.41, 5.74) is 8.60. The molecule has 0 radical (unpaired) electrons. The van der Waals surface area contributed by atoms with Gasteiger partial charge in [-0.3, -0.25) is 0 Å². The first-order valence-electron chi connectivity index (χ1n) is 7.09. The highest BCUT2D eigenvalue weighted by molar-refractivity contribution is 6.30. The fourth-order valence-corrected chi connectivity index (χ4v) is 3.08. The molecule has 0 aliphatic carbocycles. The van der Waals surface area contributed by atoms with Crippen LogP contribution in [0.25, 0.3) is 0 Å². The minimum Gasteiger partial charge on any atom is -0.318 e. The third kappa shape index (κ3) is 2.30. The van der Waals surface area contributed by atoms with E-state index in [1.807, 2.05) is 6.07 Å². The molecule has 2 aromatic carbocycles. The van der Waals surface area contributed by atoms with E-state index in [1.165, 1.54) is 16.7 Å². The quantitative estimate of drug-likeness (QED) is 0.873. The Bertz CT molecular complexity index is 624. The molecular formula is C17H19ClN2. The number of aryl methyl sites for hydroxylation is 1. The lowest BCUT2D eigenvalue weighted by atomic mass is 9.95. The summed E-state index contributed by atoms with van der Waals surface area (Å²) in [6, 6.07) is 14.9. The van der Waals surface area contributed by atoms with Gasteiger partial charge in [0.15, 0.2) is 0 Å². The van der Waals surface area contributed by atoms with Gasteiger partial charge in [-0.1, -0.05) is 42.8 Å². The van der Waals surface area contributed by atoms with Crippen LogP contribution in [0.5, 0.6) is 0 Å². The zero-order valence-electron chi connectivity index (χ0n) is 11.9. The molecule has 0 saturated heterocycles. The number of hydrogen-bond acceptors (Lipinski definition) is 2. The highest BCUT2D eigenvalue weighted by Crippen LogP contribution is 2.41. The second-order valence-corrected chi connectivity index (χ2v) is 5.73. The van der Waals surface area contributed by atoms with E-state index in [2.05, 4.69) is 60.7 Å². The average molecular weight is 287 g/mol. The maximum atomic E-state index is 6.19. The fourth-order valence-electron chi connectivity index (χ4n) is 2.90. The van der Waals surface area contributed by atoms with Crippen LogP contribution < -0.4 is 5.43 Å². The molecule has 1 aliphatic heterocycles. The van der Waals surface area contributed by atoms with Crippen molar-refractivity contribution in [2.24, 2.45) is 0 Å². The summed E-state index contributed by atoms with van der Waals surface area (Å²) in [5.74, 6) is 0. The van der Waals surface area contributed by atoms with Crippen LogP contribution in [0.2, 0.25) is 5.02 Å². The molecule has 0 fully saturated rings. The lowest BCUT2D eigenvalue weighted by molar-refractivity contribution is 0.296. The van der Waals surface area contributed by atoms with Crippen molar-refractivity contribution in [3.63, 3.8) is 0 Å². The van der Waals surface area contributed by atoms with E-state index in [9.17, 15) is 0 Å². The Morgan fingerprint density at radius 2 is 1.95 bits per heavy atom. The molecule has 3 heteroatoms. The molecule has 1 aliphatic rings. The molecule has 0 spiro atoms. The fraction of sp³-hybridized carbons (Fsp3) is 0.294. The monoisotopic (exact) mass is 286 g/mol. The lowest BCUT2D eigenvalue weighted by Crippen LogP contribution is -2.29. The van der Waals surface area contributed by atoms with Crippen LogP contribution in [-0.4, -0.2) is 11.6 Å². The number of nitrogens with one attached hydrogen (secondary N) is 1. The number of rotatable bonds is 3. The Morgan fingerprint density at radius 3 is 2.70 bits per heavy atom. The highest BCUT2D eigenvalue weighted by Gasteiger charge is 2.31. The first-order valence-corrected chi connectivity index (χ1v) is 7.46. The topological polar surface area (TPSA) is 15.3 Å². The Balaban J connectivity index is 2.10. The Hall–Kier alpha value is -1.51. The molecule has 0 amide bonds. The maximum absolute atomic E-state index is 6.19. The van der Waals surface area contributed by atoms with Crippen LogP contribution in [0.4, 0.5) is 5.69 Å². The molecule has 3 rings (SSSR count). The third-order valence-corrected chi connectivity index (χ3v) is 4.07. The summed E-state index contributed by atoms with van der Waals surface area (Å²) >= 11 is 6.19. The van der Waals surface area contributed by atoms with Crippen LogP contribution in [-0.2, 0) is 0 Å². The molecule has 0 bridgehead atoms. The Kier molecular flexibility index (Phi) is 3.68. The molecule has 1 N–H and O–H groups in total. The summed E-state index contributed by atoms with van der Waals surface area (Å²) in [5, 5.41) is 3.10. The van der Waals surface area contributed by atoms with Crippen molar-refractivity contribution in [1.82, 2.24) is 5.01 Å².